The lowest BCUT2D eigenvalue weighted by Crippen LogP contribution is -2.39. The summed E-state index contributed by atoms with van der Waals surface area (Å²) >= 11 is 0. The number of hydrogen-bond acceptors (Lipinski definition) is 4. The zero-order valence-corrected chi connectivity index (χ0v) is 15.2. The first-order valence-electron chi connectivity index (χ1n) is 8.43. The van der Waals surface area contributed by atoms with Gasteiger partial charge in [0.2, 0.25) is 0 Å². The molecule has 0 radical (unpaired) electrons. The zero-order valence-electron chi connectivity index (χ0n) is 15.2. The molecular formula is C18H28N2O4. The number of ether oxygens (including phenoxy) is 2. The number of nitrogens with zero attached hydrogens (tertiary/aromatic N) is 2. The van der Waals surface area contributed by atoms with E-state index in [1.165, 1.54) is 4.90 Å². The van der Waals surface area contributed by atoms with Gasteiger partial charge in [-0.05, 0) is 58.6 Å². The number of anilines is 1. The molecule has 6 nitrogen and oxygen atoms in total. The number of rotatable bonds is 3. The van der Waals surface area contributed by atoms with E-state index in [9.17, 15) is 9.59 Å². The Morgan fingerprint density at radius 1 is 1.25 bits per heavy atom. The van der Waals surface area contributed by atoms with Crippen molar-refractivity contribution in [2.24, 2.45) is 0 Å². The standard InChI is InChI=1S/C18H28N2O4/c1-18(2,3)24-17(22)19(4)15-7-6-12-20(16(15)21)13-8-10-14(23-5)11-9-13/h6-7,12-14H,8-11H2,1-5H3. The Morgan fingerprint density at radius 2 is 1.88 bits per heavy atom. The molecule has 1 fully saturated rings. The summed E-state index contributed by atoms with van der Waals surface area (Å²) in [5.41, 5.74) is -0.426. The summed E-state index contributed by atoms with van der Waals surface area (Å²) in [7, 11) is 3.30. The molecule has 1 aromatic heterocycles. The highest BCUT2D eigenvalue weighted by molar-refractivity contribution is 5.86. The fraction of sp³-hybridized carbons (Fsp3) is 0.667. The van der Waals surface area contributed by atoms with E-state index < -0.39 is 11.7 Å². The molecule has 6 heteroatoms. The minimum atomic E-state index is -0.600. The first-order valence-corrected chi connectivity index (χ1v) is 8.43. The van der Waals surface area contributed by atoms with E-state index >= 15 is 0 Å². The van der Waals surface area contributed by atoms with Gasteiger partial charge in [0.05, 0.1) is 6.10 Å². The number of methoxy groups -OCH3 is 1. The van der Waals surface area contributed by atoms with E-state index in [1.807, 2.05) is 0 Å². The molecule has 0 spiro atoms. The SMILES string of the molecule is COC1CCC(n2cccc(N(C)C(=O)OC(C)(C)C)c2=O)CC1. The monoisotopic (exact) mass is 336 g/mol. The lowest BCUT2D eigenvalue weighted by atomic mass is 9.92. The quantitative estimate of drug-likeness (QED) is 0.849. The topological polar surface area (TPSA) is 60.8 Å². The van der Waals surface area contributed by atoms with Crippen molar-refractivity contribution >= 4 is 11.8 Å². The van der Waals surface area contributed by atoms with Gasteiger partial charge in [0, 0.05) is 26.4 Å². The number of carbonyl (C=O) groups excluding carboxylic acids is 1. The molecular weight excluding hydrogens is 308 g/mol. The molecule has 0 atom stereocenters. The van der Waals surface area contributed by atoms with Crippen LogP contribution < -0.4 is 10.5 Å². The summed E-state index contributed by atoms with van der Waals surface area (Å²) in [6, 6.07) is 3.61. The maximum absolute atomic E-state index is 12.8. The van der Waals surface area contributed by atoms with E-state index in [1.54, 1.807) is 57.8 Å². The predicted octanol–water partition coefficient (Wildman–Crippen LogP) is 3.35. The van der Waals surface area contributed by atoms with Crippen molar-refractivity contribution in [2.75, 3.05) is 19.1 Å². The molecule has 0 saturated heterocycles. The first kappa shape index (κ1) is 18.5. The number of carbonyl (C=O) groups is 1. The Morgan fingerprint density at radius 3 is 2.42 bits per heavy atom. The largest absolute Gasteiger partial charge is 0.443 e. The average molecular weight is 336 g/mol. The van der Waals surface area contributed by atoms with Crippen molar-refractivity contribution in [3.63, 3.8) is 0 Å². The molecule has 0 unspecified atom stereocenters. The van der Waals surface area contributed by atoms with Crippen molar-refractivity contribution in [3.05, 3.63) is 28.7 Å². The van der Waals surface area contributed by atoms with Crippen LogP contribution >= 0.6 is 0 Å². The zero-order chi connectivity index (χ0) is 17.9. The summed E-state index contributed by atoms with van der Waals surface area (Å²) in [4.78, 5) is 26.3. The Kier molecular flexibility index (Phi) is 5.70. The summed E-state index contributed by atoms with van der Waals surface area (Å²) < 4.78 is 12.5. The van der Waals surface area contributed by atoms with Gasteiger partial charge < -0.3 is 14.0 Å². The molecule has 1 aromatic rings. The van der Waals surface area contributed by atoms with E-state index in [2.05, 4.69) is 0 Å². The van der Waals surface area contributed by atoms with Crippen LogP contribution in [0.1, 0.15) is 52.5 Å². The van der Waals surface area contributed by atoms with Gasteiger partial charge in [0.15, 0.2) is 0 Å². The molecule has 134 valence electrons. The summed E-state index contributed by atoms with van der Waals surface area (Å²) in [6.45, 7) is 5.41. The van der Waals surface area contributed by atoms with Crippen molar-refractivity contribution in [3.8, 4) is 0 Å². The maximum atomic E-state index is 12.8. The van der Waals surface area contributed by atoms with Crippen molar-refractivity contribution in [1.82, 2.24) is 4.57 Å². The van der Waals surface area contributed by atoms with Crippen LogP contribution in [0.15, 0.2) is 23.1 Å². The maximum Gasteiger partial charge on any atom is 0.414 e. The van der Waals surface area contributed by atoms with Crippen LogP contribution in [0, 0.1) is 0 Å². The van der Waals surface area contributed by atoms with E-state index in [0.717, 1.165) is 25.7 Å². The Hall–Kier alpha value is -1.82. The van der Waals surface area contributed by atoms with Crippen LogP contribution in [0.4, 0.5) is 10.5 Å². The highest BCUT2D eigenvalue weighted by atomic mass is 16.6. The predicted molar refractivity (Wildman–Crippen MR) is 93.6 cm³/mol. The van der Waals surface area contributed by atoms with Gasteiger partial charge in [-0.2, -0.15) is 0 Å². The van der Waals surface area contributed by atoms with Crippen LogP contribution in [-0.2, 0) is 9.47 Å². The van der Waals surface area contributed by atoms with Gasteiger partial charge in [-0.1, -0.05) is 0 Å². The number of aromatic nitrogens is 1. The lowest BCUT2D eigenvalue weighted by molar-refractivity contribution is 0.0577. The summed E-state index contributed by atoms with van der Waals surface area (Å²) in [6.07, 6.45) is 5.24. The second-order valence-electron chi connectivity index (χ2n) is 7.31. The number of pyridine rings is 1. The van der Waals surface area contributed by atoms with Gasteiger partial charge >= 0.3 is 6.09 Å². The molecule has 1 amide bonds. The Labute approximate surface area is 143 Å². The smallest absolute Gasteiger partial charge is 0.414 e. The average Bonchev–Trinajstić information content (AvgIpc) is 2.53. The van der Waals surface area contributed by atoms with Crippen LogP contribution in [0.3, 0.4) is 0 Å². The van der Waals surface area contributed by atoms with E-state index in [4.69, 9.17) is 9.47 Å². The Balaban J connectivity index is 2.19. The number of amides is 1. The minimum absolute atomic E-state index is 0.149. The minimum Gasteiger partial charge on any atom is -0.443 e. The third kappa shape index (κ3) is 4.38. The summed E-state index contributed by atoms with van der Waals surface area (Å²) in [5, 5.41) is 0. The molecule has 0 aliphatic heterocycles. The molecule has 1 saturated carbocycles. The van der Waals surface area contributed by atoms with Gasteiger partial charge in [-0.25, -0.2) is 4.79 Å². The molecule has 0 aromatic carbocycles. The molecule has 1 heterocycles. The second kappa shape index (κ2) is 7.38. The van der Waals surface area contributed by atoms with Crippen molar-refractivity contribution in [2.45, 2.75) is 64.2 Å². The van der Waals surface area contributed by atoms with Crippen molar-refractivity contribution in [1.29, 1.82) is 0 Å². The normalized spacial score (nSPS) is 21.4. The second-order valence-corrected chi connectivity index (χ2v) is 7.31. The molecule has 1 aliphatic rings. The van der Waals surface area contributed by atoms with Crippen LogP contribution in [0.5, 0.6) is 0 Å². The Bertz CT molecular complexity index is 625. The lowest BCUT2D eigenvalue weighted by Gasteiger charge is -2.30. The van der Waals surface area contributed by atoms with Crippen LogP contribution in [0.25, 0.3) is 0 Å². The molecule has 0 bridgehead atoms. The first-order chi connectivity index (χ1) is 11.2. The summed E-state index contributed by atoms with van der Waals surface area (Å²) in [5.74, 6) is 0. The molecule has 2 rings (SSSR count). The highest BCUT2D eigenvalue weighted by Crippen LogP contribution is 2.29. The molecule has 1 aliphatic carbocycles. The fourth-order valence-corrected chi connectivity index (χ4v) is 3.03. The van der Waals surface area contributed by atoms with Gasteiger partial charge in [-0.3, -0.25) is 9.69 Å². The van der Waals surface area contributed by atoms with Gasteiger partial charge in [-0.15, -0.1) is 0 Å². The van der Waals surface area contributed by atoms with E-state index in [-0.39, 0.29) is 17.7 Å². The highest BCUT2D eigenvalue weighted by Gasteiger charge is 2.26. The van der Waals surface area contributed by atoms with Crippen molar-refractivity contribution < 1.29 is 14.3 Å². The molecule has 0 N–H and O–H groups in total. The fourth-order valence-electron chi connectivity index (χ4n) is 3.03. The van der Waals surface area contributed by atoms with Crippen LogP contribution in [0.2, 0.25) is 0 Å². The van der Waals surface area contributed by atoms with E-state index in [0.29, 0.717) is 5.69 Å². The third-order valence-electron chi connectivity index (χ3n) is 4.35. The van der Waals surface area contributed by atoms with Gasteiger partial charge in [0.25, 0.3) is 5.56 Å². The van der Waals surface area contributed by atoms with Crippen LogP contribution in [-0.4, -0.2) is 36.5 Å². The third-order valence-corrected chi connectivity index (χ3v) is 4.35. The van der Waals surface area contributed by atoms with Gasteiger partial charge in [0.1, 0.15) is 11.3 Å². The molecule has 24 heavy (non-hydrogen) atoms. The number of hydrogen-bond donors (Lipinski definition) is 0.